The van der Waals surface area contributed by atoms with Crippen LogP contribution in [0.4, 0.5) is 0 Å². The number of carboxylic acid groups (broad SMARTS) is 2. The summed E-state index contributed by atoms with van der Waals surface area (Å²) in [6.45, 7) is 4.52. The molecule has 1 rings (SSSR count). The molecular weight excluding hydrogens is 304 g/mol. The molecule has 1 aliphatic carbocycles. The average molecular weight is 341 g/mol. The molecule has 4 nitrogen and oxygen atoms in total. The van der Waals surface area contributed by atoms with Gasteiger partial charge in [0.05, 0.1) is 11.3 Å². The molecule has 0 saturated heterocycles. The van der Waals surface area contributed by atoms with Crippen molar-refractivity contribution >= 4 is 11.9 Å². The Bertz CT molecular complexity index is 391. The smallest absolute Gasteiger partial charge is 0.310 e. The summed E-state index contributed by atoms with van der Waals surface area (Å²) in [5, 5.41) is 19.1. The molecule has 2 N–H and O–H groups in total. The fraction of sp³-hybridized carbons (Fsp3) is 0.900. The monoisotopic (exact) mass is 340 g/mol. The molecule has 0 aromatic rings. The Balaban J connectivity index is 2.29. The SMILES string of the molecule is CC(C)CCCCCCCCCC1(C(=O)O)CCCCC1C(=O)O. The van der Waals surface area contributed by atoms with E-state index in [1.54, 1.807) is 0 Å². The molecule has 0 spiro atoms. The second-order valence-electron chi connectivity index (χ2n) is 8.01. The van der Waals surface area contributed by atoms with E-state index in [0.29, 0.717) is 19.3 Å². The van der Waals surface area contributed by atoms with E-state index in [9.17, 15) is 19.8 Å². The minimum atomic E-state index is -1.03. The highest BCUT2D eigenvalue weighted by Crippen LogP contribution is 2.45. The van der Waals surface area contributed by atoms with Crippen molar-refractivity contribution in [1.82, 2.24) is 0 Å². The van der Waals surface area contributed by atoms with Gasteiger partial charge in [0.15, 0.2) is 0 Å². The average Bonchev–Trinajstić information content (AvgIpc) is 2.52. The molecule has 0 bridgehead atoms. The van der Waals surface area contributed by atoms with Gasteiger partial charge in [0.2, 0.25) is 0 Å². The standard InChI is InChI=1S/C20H36O4/c1-16(2)12-8-6-4-3-5-7-10-14-20(19(23)24)15-11-9-13-17(20)18(21)22/h16-17H,3-15H2,1-2H3,(H,21,22)(H,23,24). The first-order valence-electron chi connectivity index (χ1n) is 9.86. The molecular formula is C20H36O4. The van der Waals surface area contributed by atoms with E-state index >= 15 is 0 Å². The molecule has 2 unspecified atom stereocenters. The van der Waals surface area contributed by atoms with Crippen LogP contribution in [0, 0.1) is 17.3 Å². The van der Waals surface area contributed by atoms with Gasteiger partial charge in [-0.3, -0.25) is 9.59 Å². The van der Waals surface area contributed by atoms with E-state index in [1.165, 1.54) is 32.1 Å². The van der Waals surface area contributed by atoms with Gasteiger partial charge >= 0.3 is 11.9 Å². The van der Waals surface area contributed by atoms with Crippen LogP contribution >= 0.6 is 0 Å². The summed E-state index contributed by atoms with van der Waals surface area (Å²) in [5.74, 6) is -1.75. The highest BCUT2D eigenvalue weighted by Gasteiger charge is 2.50. The van der Waals surface area contributed by atoms with Crippen molar-refractivity contribution in [2.75, 3.05) is 0 Å². The summed E-state index contributed by atoms with van der Waals surface area (Å²) in [6.07, 6.45) is 12.6. The quantitative estimate of drug-likeness (QED) is 0.460. The zero-order valence-corrected chi connectivity index (χ0v) is 15.6. The molecule has 0 aromatic heterocycles. The number of unbranched alkanes of at least 4 members (excludes halogenated alkanes) is 6. The van der Waals surface area contributed by atoms with Gasteiger partial charge in [-0.25, -0.2) is 0 Å². The van der Waals surface area contributed by atoms with Crippen LogP contribution in [0.1, 0.15) is 97.3 Å². The fourth-order valence-electron chi connectivity index (χ4n) is 4.14. The van der Waals surface area contributed by atoms with Gasteiger partial charge in [0.1, 0.15) is 0 Å². The zero-order chi connectivity index (χ0) is 18.0. The van der Waals surface area contributed by atoms with E-state index in [2.05, 4.69) is 13.8 Å². The largest absolute Gasteiger partial charge is 0.481 e. The van der Waals surface area contributed by atoms with E-state index in [-0.39, 0.29) is 0 Å². The maximum absolute atomic E-state index is 11.8. The van der Waals surface area contributed by atoms with Gasteiger partial charge in [-0.2, -0.15) is 0 Å². The van der Waals surface area contributed by atoms with Gasteiger partial charge in [0, 0.05) is 0 Å². The molecule has 0 heterocycles. The van der Waals surface area contributed by atoms with Crippen molar-refractivity contribution in [3.8, 4) is 0 Å². The molecule has 0 radical (unpaired) electrons. The number of carboxylic acids is 2. The van der Waals surface area contributed by atoms with Crippen LogP contribution in [0.5, 0.6) is 0 Å². The van der Waals surface area contributed by atoms with Gasteiger partial charge in [-0.1, -0.05) is 78.1 Å². The molecule has 24 heavy (non-hydrogen) atoms. The van der Waals surface area contributed by atoms with Gasteiger partial charge < -0.3 is 10.2 Å². The number of rotatable bonds is 12. The lowest BCUT2D eigenvalue weighted by Crippen LogP contribution is -2.44. The lowest BCUT2D eigenvalue weighted by Gasteiger charge is -2.38. The zero-order valence-electron chi connectivity index (χ0n) is 15.6. The van der Waals surface area contributed by atoms with Crippen LogP contribution in [-0.4, -0.2) is 22.2 Å². The second kappa shape index (κ2) is 10.7. The molecule has 0 aromatic carbocycles. The van der Waals surface area contributed by atoms with Crippen molar-refractivity contribution in [1.29, 1.82) is 0 Å². The lowest BCUT2D eigenvalue weighted by molar-refractivity contribution is -0.166. The first kappa shape index (κ1) is 21.0. The van der Waals surface area contributed by atoms with Crippen LogP contribution in [0.3, 0.4) is 0 Å². The fourth-order valence-corrected chi connectivity index (χ4v) is 4.14. The number of hydrogen-bond donors (Lipinski definition) is 2. The summed E-state index contributed by atoms with van der Waals surface area (Å²) in [6, 6.07) is 0. The first-order valence-corrected chi connectivity index (χ1v) is 9.86. The minimum Gasteiger partial charge on any atom is -0.481 e. The Morgan fingerprint density at radius 3 is 2.08 bits per heavy atom. The third kappa shape index (κ3) is 6.45. The van der Waals surface area contributed by atoms with Crippen LogP contribution in [0.25, 0.3) is 0 Å². The van der Waals surface area contributed by atoms with Crippen molar-refractivity contribution < 1.29 is 19.8 Å². The third-order valence-electron chi connectivity index (χ3n) is 5.66. The number of hydrogen-bond acceptors (Lipinski definition) is 2. The lowest BCUT2D eigenvalue weighted by atomic mass is 9.63. The van der Waals surface area contributed by atoms with Gasteiger partial charge in [0.25, 0.3) is 0 Å². The topological polar surface area (TPSA) is 74.6 Å². The Morgan fingerprint density at radius 2 is 1.54 bits per heavy atom. The Labute approximate surface area is 147 Å². The second-order valence-corrected chi connectivity index (χ2v) is 8.01. The molecule has 1 saturated carbocycles. The molecule has 1 fully saturated rings. The van der Waals surface area contributed by atoms with E-state index in [4.69, 9.17) is 0 Å². The number of aliphatic carboxylic acids is 2. The Hall–Kier alpha value is -1.06. The van der Waals surface area contributed by atoms with Crippen LogP contribution < -0.4 is 0 Å². The normalized spacial score (nSPS) is 24.2. The highest BCUT2D eigenvalue weighted by atomic mass is 16.4. The van der Waals surface area contributed by atoms with Crippen molar-refractivity contribution in [3.63, 3.8) is 0 Å². The number of carbonyl (C=O) groups is 2. The molecule has 4 heteroatoms. The van der Waals surface area contributed by atoms with Gasteiger partial charge in [-0.05, 0) is 25.2 Å². The highest BCUT2D eigenvalue weighted by molar-refractivity contribution is 5.83. The predicted octanol–water partition coefficient (Wildman–Crippen LogP) is 5.50. The molecule has 2 atom stereocenters. The summed E-state index contributed by atoms with van der Waals surface area (Å²) in [4.78, 5) is 23.3. The van der Waals surface area contributed by atoms with E-state index < -0.39 is 23.3 Å². The van der Waals surface area contributed by atoms with Crippen molar-refractivity contribution in [2.24, 2.45) is 17.3 Å². The van der Waals surface area contributed by atoms with E-state index in [1.807, 2.05) is 0 Å². The Morgan fingerprint density at radius 1 is 0.958 bits per heavy atom. The Kier molecular flexibility index (Phi) is 9.38. The van der Waals surface area contributed by atoms with E-state index in [0.717, 1.165) is 38.0 Å². The summed E-state index contributed by atoms with van der Waals surface area (Å²) >= 11 is 0. The summed E-state index contributed by atoms with van der Waals surface area (Å²) in [5.41, 5.74) is -1.03. The first-order chi connectivity index (χ1) is 11.4. The van der Waals surface area contributed by atoms with Gasteiger partial charge in [-0.15, -0.1) is 0 Å². The van der Waals surface area contributed by atoms with Crippen LogP contribution in [0.2, 0.25) is 0 Å². The molecule has 140 valence electrons. The summed E-state index contributed by atoms with van der Waals surface area (Å²) < 4.78 is 0. The maximum atomic E-state index is 11.8. The third-order valence-corrected chi connectivity index (χ3v) is 5.66. The van der Waals surface area contributed by atoms with Crippen LogP contribution in [0.15, 0.2) is 0 Å². The molecule has 1 aliphatic rings. The van der Waals surface area contributed by atoms with Crippen molar-refractivity contribution in [2.45, 2.75) is 97.3 Å². The maximum Gasteiger partial charge on any atom is 0.310 e. The molecule has 0 aliphatic heterocycles. The predicted molar refractivity (Wildman–Crippen MR) is 96.1 cm³/mol. The van der Waals surface area contributed by atoms with Crippen LogP contribution in [-0.2, 0) is 9.59 Å². The van der Waals surface area contributed by atoms with Crippen molar-refractivity contribution in [3.05, 3.63) is 0 Å². The summed E-state index contributed by atoms with van der Waals surface area (Å²) in [7, 11) is 0. The minimum absolute atomic E-state index is 0.511. The molecule has 0 amide bonds.